The number of anilines is 1. The molecule has 1 saturated carbocycles. The molecule has 0 unspecified atom stereocenters. The number of methoxy groups -OCH3 is 1. The van der Waals surface area contributed by atoms with E-state index in [-0.39, 0.29) is 17.6 Å². The largest absolute Gasteiger partial charge is 0.496 e. The third-order valence-electron chi connectivity index (χ3n) is 3.59. The molecule has 1 aromatic carbocycles. The Hall–Kier alpha value is -1.84. The number of hydrogen-bond donors (Lipinski definition) is 1. The van der Waals surface area contributed by atoms with Gasteiger partial charge in [0.2, 0.25) is 5.91 Å². The smallest absolute Gasteiger partial charge is 0.227 e. The second-order valence-corrected chi connectivity index (χ2v) is 4.99. The van der Waals surface area contributed by atoms with E-state index in [0.717, 1.165) is 17.0 Å². The molecule has 1 fully saturated rings. The highest BCUT2D eigenvalue weighted by molar-refractivity contribution is 5.94. The third kappa shape index (κ3) is 3.34. The highest BCUT2D eigenvalue weighted by atomic mass is 16.5. The van der Waals surface area contributed by atoms with Crippen LogP contribution in [0, 0.1) is 12.8 Å². The van der Waals surface area contributed by atoms with Crippen LogP contribution in [0.2, 0.25) is 0 Å². The molecule has 2 rings (SSSR count). The number of Topliss-reactive ketones (excluding diaryl/α,β-unsaturated/α-hetero) is 1. The van der Waals surface area contributed by atoms with Crippen LogP contribution in [-0.4, -0.2) is 18.8 Å². The van der Waals surface area contributed by atoms with Crippen molar-refractivity contribution < 1.29 is 14.3 Å². The van der Waals surface area contributed by atoms with Gasteiger partial charge in [-0.05, 0) is 31.4 Å². The molecular weight excluding hydrogens is 242 g/mol. The average Bonchev–Trinajstić information content (AvgIpc) is 2.41. The Morgan fingerprint density at radius 3 is 2.63 bits per heavy atom. The molecule has 0 aliphatic heterocycles. The second kappa shape index (κ2) is 5.87. The summed E-state index contributed by atoms with van der Waals surface area (Å²) in [6, 6.07) is 5.60. The molecule has 0 radical (unpaired) electrons. The molecule has 0 bridgehead atoms. The van der Waals surface area contributed by atoms with Crippen molar-refractivity contribution in [3.63, 3.8) is 0 Å². The number of aryl methyl sites for hydroxylation is 1. The van der Waals surface area contributed by atoms with Gasteiger partial charge in [0.1, 0.15) is 11.5 Å². The van der Waals surface area contributed by atoms with Crippen LogP contribution in [-0.2, 0) is 9.59 Å². The van der Waals surface area contributed by atoms with E-state index in [1.807, 2.05) is 25.1 Å². The summed E-state index contributed by atoms with van der Waals surface area (Å²) in [6.07, 6.45) is 2.37. The van der Waals surface area contributed by atoms with E-state index >= 15 is 0 Å². The number of hydrogen-bond acceptors (Lipinski definition) is 3. The fourth-order valence-corrected chi connectivity index (χ4v) is 2.34. The van der Waals surface area contributed by atoms with Gasteiger partial charge in [0.05, 0.1) is 7.11 Å². The normalized spacial score (nSPS) is 16.2. The van der Waals surface area contributed by atoms with Gasteiger partial charge in [0.25, 0.3) is 0 Å². The lowest BCUT2D eigenvalue weighted by molar-refractivity contribution is -0.125. The van der Waals surface area contributed by atoms with Gasteiger partial charge in [-0.3, -0.25) is 9.59 Å². The molecule has 1 aromatic rings. The summed E-state index contributed by atoms with van der Waals surface area (Å²) in [5.41, 5.74) is 1.77. The number of amides is 1. The van der Waals surface area contributed by atoms with Crippen LogP contribution in [0.4, 0.5) is 5.69 Å². The zero-order valence-corrected chi connectivity index (χ0v) is 11.4. The molecule has 102 valence electrons. The van der Waals surface area contributed by atoms with Crippen molar-refractivity contribution in [2.75, 3.05) is 12.4 Å². The van der Waals surface area contributed by atoms with Gasteiger partial charge in [-0.25, -0.2) is 0 Å². The first-order valence-electron chi connectivity index (χ1n) is 6.57. The molecule has 1 aliphatic carbocycles. The summed E-state index contributed by atoms with van der Waals surface area (Å²) >= 11 is 0. The van der Waals surface area contributed by atoms with E-state index in [4.69, 9.17) is 4.74 Å². The predicted molar refractivity (Wildman–Crippen MR) is 73.3 cm³/mol. The van der Waals surface area contributed by atoms with E-state index in [1.165, 1.54) is 0 Å². The number of carbonyl (C=O) groups is 2. The molecule has 4 nitrogen and oxygen atoms in total. The second-order valence-electron chi connectivity index (χ2n) is 4.99. The number of nitrogens with one attached hydrogen (secondary N) is 1. The van der Waals surface area contributed by atoms with Crippen LogP contribution >= 0.6 is 0 Å². The van der Waals surface area contributed by atoms with E-state index in [9.17, 15) is 9.59 Å². The van der Waals surface area contributed by atoms with Crippen molar-refractivity contribution in [3.05, 3.63) is 23.8 Å². The van der Waals surface area contributed by atoms with Crippen molar-refractivity contribution in [1.82, 2.24) is 0 Å². The van der Waals surface area contributed by atoms with Crippen LogP contribution in [0.3, 0.4) is 0 Å². The summed E-state index contributed by atoms with van der Waals surface area (Å²) in [5, 5.41) is 2.90. The molecule has 1 N–H and O–H groups in total. The Balaban J connectivity index is 2.00. The number of ether oxygens (including phenoxy) is 1. The molecule has 1 aliphatic rings. The van der Waals surface area contributed by atoms with Gasteiger partial charge in [0.15, 0.2) is 0 Å². The minimum absolute atomic E-state index is 0.00148. The van der Waals surface area contributed by atoms with Crippen LogP contribution in [0.25, 0.3) is 0 Å². The predicted octanol–water partition coefficient (Wildman–Crippen LogP) is 2.70. The maximum Gasteiger partial charge on any atom is 0.227 e. The van der Waals surface area contributed by atoms with Crippen LogP contribution < -0.4 is 10.1 Å². The summed E-state index contributed by atoms with van der Waals surface area (Å²) in [5.74, 6) is 0.973. The van der Waals surface area contributed by atoms with E-state index in [2.05, 4.69) is 5.32 Å². The molecule has 0 atom stereocenters. The van der Waals surface area contributed by atoms with Crippen molar-refractivity contribution in [2.24, 2.45) is 5.92 Å². The van der Waals surface area contributed by atoms with Crippen molar-refractivity contribution >= 4 is 17.4 Å². The van der Waals surface area contributed by atoms with Crippen molar-refractivity contribution in [1.29, 1.82) is 0 Å². The third-order valence-corrected chi connectivity index (χ3v) is 3.59. The lowest BCUT2D eigenvalue weighted by Gasteiger charge is -2.20. The van der Waals surface area contributed by atoms with E-state index < -0.39 is 0 Å². The number of rotatable bonds is 3. The van der Waals surface area contributed by atoms with Crippen molar-refractivity contribution in [3.8, 4) is 5.75 Å². The first kappa shape index (κ1) is 13.6. The Kier molecular flexibility index (Phi) is 4.20. The highest BCUT2D eigenvalue weighted by Crippen LogP contribution is 2.25. The summed E-state index contributed by atoms with van der Waals surface area (Å²) in [4.78, 5) is 23.3. The number of carbonyl (C=O) groups excluding carboxylic acids is 2. The molecule has 19 heavy (non-hydrogen) atoms. The topological polar surface area (TPSA) is 55.4 Å². The Bertz CT molecular complexity index is 486. The van der Waals surface area contributed by atoms with Crippen LogP contribution in [0.5, 0.6) is 5.75 Å². The fourth-order valence-electron chi connectivity index (χ4n) is 2.34. The SMILES string of the molecule is COc1cc(NC(=O)C2CCC(=O)CC2)ccc1C. The van der Waals surface area contributed by atoms with Gasteiger partial charge in [-0.2, -0.15) is 0 Å². The van der Waals surface area contributed by atoms with Gasteiger partial charge >= 0.3 is 0 Å². The van der Waals surface area contributed by atoms with Gasteiger partial charge in [0, 0.05) is 30.5 Å². The van der Waals surface area contributed by atoms with Gasteiger partial charge in [-0.15, -0.1) is 0 Å². The Morgan fingerprint density at radius 2 is 2.00 bits per heavy atom. The fraction of sp³-hybridized carbons (Fsp3) is 0.467. The minimum atomic E-state index is -0.0509. The van der Waals surface area contributed by atoms with Gasteiger partial charge in [-0.1, -0.05) is 6.07 Å². The summed E-state index contributed by atoms with van der Waals surface area (Å²) in [6.45, 7) is 1.96. The van der Waals surface area contributed by atoms with Crippen LogP contribution in [0.15, 0.2) is 18.2 Å². The van der Waals surface area contributed by atoms with E-state index in [1.54, 1.807) is 7.11 Å². The quantitative estimate of drug-likeness (QED) is 0.910. The number of benzene rings is 1. The minimum Gasteiger partial charge on any atom is -0.496 e. The number of ketones is 1. The lowest BCUT2D eigenvalue weighted by atomic mass is 9.88. The molecule has 0 saturated heterocycles. The van der Waals surface area contributed by atoms with Gasteiger partial charge < -0.3 is 10.1 Å². The average molecular weight is 261 g/mol. The maximum absolute atomic E-state index is 12.1. The summed E-state index contributed by atoms with van der Waals surface area (Å²) < 4.78 is 5.23. The summed E-state index contributed by atoms with van der Waals surface area (Å²) in [7, 11) is 1.61. The standard InChI is InChI=1S/C15H19NO3/c1-10-3-6-12(9-14(10)19-2)16-15(18)11-4-7-13(17)8-5-11/h3,6,9,11H,4-5,7-8H2,1-2H3,(H,16,18). The lowest BCUT2D eigenvalue weighted by Crippen LogP contribution is -2.27. The molecule has 0 spiro atoms. The monoisotopic (exact) mass is 261 g/mol. The van der Waals surface area contributed by atoms with Crippen molar-refractivity contribution in [2.45, 2.75) is 32.6 Å². The Morgan fingerprint density at radius 1 is 1.32 bits per heavy atom. The molecule has 0 aromatic heterocycles. The molecule has 0 heterocycles. The highest BCUT2D eigenvalue weighted by Gasteiger charge is 2.24. The molecule has 1 amide bonds. The first-order valence-corrected chi connectivity index (χ1v) is 6.57. The maximum atomic E-state index is 12.1. The zero-order valence-electron chi connectivity index (χ0n) is 11.4. The molecular formula is C15H19NO3. The first-order chi connectivity index (χ1) is 9.10. The zero-order chi connectivity index (χ0) is 13.8. The molecule has 4 heteroatoms. The van der Waals surface area contributed by atoms with E-state index in [0.29, 0.717) is 25.7 Å². The van der Waals surface area contributed by atoms with Crippen LogP contribution in [0.1, 0.15) is 31.2 Å². The Labute approximate surface area is 113 Å².